The van der Waals surface area contributed by atoms with E-state index in [9.17, 15) is 9.59 Å². The molecule has 1 aliphatic heterocycles. The normalized spacial score (nSPS) is 14.8. The molecule has 1 aliphatic rings. The van der Waals surface area contributed by atoms with Gasteiger partial charge in [-0.05, 0) is 42.6 Å². The largest absolute Gasteiger partial charge is 0.376 e. The Labute approximate surface area is 167 Å². The number of hydrazine groups is 1. The van der Waals surface area contributed by atoms with Crippen molar-refractivity contribution in [1.82, 2.24) is 5.43 Å². The van der Waals surface area contributed by atoms with Crippen LogP contribution in [0.3, 0.4) is 0 Å². The SMILES string of the molecule is Cc1ccc(NC(=O)NN)cc1.O=C1CC(c2cccs2)Nc2ccccc21. The summed E-state index contributed by atoms with van der Waals surface area (Å²) in [6, 6.07) is 19.0. The molecule has 2 amide bonds. The first-order valence-electron chi connectivity index (χ1n) is 8.83. The van der Waals surface area contributed by atoms with Crippen LogP contribution in [-0.4, -0.2) is 11.8 Å². The summed E-state index contributed by atoms with van der Waals surface area (Å²) in [6.45, 7) is 1.98. The molecule has 0 bridgehead atoms. The van der Waals surface area contributed by atoms with E-state index in [0.717, 1.165) is 22.5 Å². The number of benzene rings is 2. The highest BCUT2D eigenvalue weighted by molar-refractivity contribution is 7.10. The quantitative estimate of drug-likeness (QED) is 0.293. The molecule has 0 saturated heterocycles. The number of nitrogens with one attached hydrogen (secondary N) is 3. The van der Waals surface area contributed by atoms with Crippen LogP contribution in [0.5, 0.6) is 0 Å². The van der Waals surface area contributed by atoms with Gasteiger partial charge in [0.05, 0.1) is 6.04 Å². The van der Waals surface area contributed by atoms with E-state index in [1.165, 1.54) is 4.88 Å². The maximum absolute atomic E-state index is 12.0. The van der Waals surface area contributed by atoms with Gasteiger partial charge in [0.25, 0.3) is 0 Å². The number of thiophene rings is 1. The third kappa shape index (κ3) is 4.97. The predicted octanol–water partition coefficient (Wildman–Crippen LogP) is 4.48. The van der Waals surface area contributed by atoms with Gasteiger partial charge in [-0.1, -0.05) is 35.9 Å². The van der Waals surface area contributed by atoms with Crippen LogP contribution in [0.25, 0.3) is 0 Å². The molecular formula is C21H22N4O2S. The van der Waals surface area contributed by atoms with Gasteiger partial charge in [0, 0.05) is 28.2 Å². The number of nitrogens with two attached hydrogens (primary N) is 1. The second-order valence-corrected chi connectivity index (χ2v) is 7.33. The first-order chi connectivity index (χ1) is 13.6. The molecular weight excluding hydrogens is 372 g/mol. The molecule has 4 rings (SSSR count). The Balaban J connectivity index is 0.000000169. The highest BCUT2D eigenvalue weighted by atomic mass is 32.1. The van der Waals surface area contributed by atoms with Crippen LogP contribution in [0, 0.1) is 6.92 Å². The molecule has 1 unspecified atom stereocenters. The van der Waals surface area contributed by atoms with Crippen molar-refractivity contribution >= 4 is 34.5 Å². The van der Waals surface area contributed by atoms with E-state index in [0.29, 0.717) is 6.42 Å². The van der Waals surface area contributed by atoms with Crippen molar-refractivity contribution < 1.29 is 9.59 Å². The van der Waals surface area contributed by atoms with Gasteiger partial charge in [-0.25, -0.2) is 10.6 Å². The van der Waals surface area contributed by atoms with Crippen LogP contribution in [0.15, 0.2) is 66.0 Å². The smallest absolute Gasteiger partial charge is 0.333 e. The van der Waals surface area contributed by atoms with E-state index in [-0.39, 0.29) is 11.8 Å². The summed E-state index contributed by atoms with van der Waals surface area (Å²) in [5.74, 6) is 5.12. The zero-order valence-electron chi connectivity index (χ0n) is 15.4. The number of urea groups is 1. The van der Waals surface area contributed by atoms with Crippen molar-refractivity contribution in [3.05, 3.63) is 82.0 Å². The fraction of sp³-hybridized carbons (Fsp3) is 0.143. The molecule has 1 aromatic heterocycles. The zero-order valence-corrected chi connectivity index (χ0v) is 16.3. The first kappa shape index (κ1) is 19.6. The molecule has 144 valence electrons. The van der Waals surface area contributed by atoms with Gasteiger partial charge >= 0.3 is 6.03 Å². The lowest BCUT2D eigenvalue weighted by Gasteiger charge is -2.25. The van der Waals surface area contributed by atoms with Crippen LogP contribution in [0.4, 0.5) is 16.2 Å². The first-order valence-corrected chi connectivity index (χ1v) is 9.71. The van der Waals surface area contributed by atoms with E-state index in [4.69, 9.17) is 5.84 Å². The van der Waals surface area contributed by atoms with E-state index >= 15 is 0 Å². The Morgan fingerprint density at radius 3 is 2.54 bits per heavy atom. The van der Waals surface area contributed by atoms with E-state index in [2.05, 4.69) is 16.7 Å². The van der Waals surface area contributed by atoms with Crippen molar-refractivity contribution in [1.29, 1.82) is 0 Å². The third-order valence-corrected chi connectivity index (χ3v) is 5.26. The maximum Gasteiger partial charge on any atom is 0.333 e. The standard InChI is InChI=1S/C13H11NOS.C8H11N3O/c15-12-8-11(13-6-3-7-16-13)14-10-5-2-1-4-9(10)12;1-6-2-4-7(5-3-6)10-8(12)11-9/h1-7,11,14H,8H2;2-5H,9H2,1H3,(H2,10,11,12). The van der Waals surface area contributed by atoms with Gasteiger partial charge in [0.1, 0.15) is 0 Å². The number of Topliss-reactive ketones (excluding diaryl/α,β-unsaturated/α-hetero) is 1. The molecule has 0 spiro atoms. The van der Waals surface area contributed by atoms with Gasteiger partial charge < -0.3 is 10.6 Å². The van der Waals surface area contributed by atoms with Crippen LogP contribution in [-0.2, 0) is 0 Å². The fourth-order valence-corrected chi connectivity index (χ4v) is 3.63. The minimum Gasteiger partial charge on any atom is -0.376 e. The minimum absolute atomic E-state index is 0.141. The summed E-state index contributed by atoms with van der Waals surface area (Å²) < 4.78 is 0. The zero-order chi connectivity index (χ0) is 19.9. The monoisotopic (exact) mass is 394 g/mol. The summed E-state index contributed by atoms with van der Waals surface area (Å²) in [7, 11) is 0. The van der Waals surface area contributed by atoms with E-state index < -0.39 is 6.03 Å². The van der Waals surface area contributed by atoms with Gasteiger partial charge in [-0.3, -0.25) is 10.2 Å². The number of ketones is 1. The molecule has 0 saturated carbocycles. The van der Waals surface area contributed by atoms with Gasteiger partial charge in [0.15, 0.2) is 5.78 Å². The molecule has 0 fully saturated rings. The number of carbonyl (C=O) groups excluding carboxylic acids is 2. The Kier molecular flexibility index (Phi) is 6.41. The lowest BCUT2D eigenvalue weighted by atomic mass is 9.96. The summed E-state index contributed by atoms with van der Waals surface area (Å²) in [5, 5.41) is 8.01. The number of amides is 2. The number of aryl methyl sites for hydroxylation is 1. The topological polar surface area (TPSA) is 96.2 Å². The summed E-state index contributed by atoms with van der Waals surface area (Å²) in [5.41, 5.74) is 5.62. The molecule has 0 aliphatic carbocycles. The maximum atomic E-state index is 12.0. The van der Waals surface area contributed by atoms with Crippen LogP contribution < -0.4 is 21.9 Å². The van der Waals surface area contributed by atoms with Gasteiger partial charge in [-0.2, -0.15) is 0 Å². The third-order valence-electron chi connectivity index (χ3n) is 4.27. The Morgan fingerprint density at radius 2 is 1.86 bits per heavy atom. The molecule has 3 aromatic rings. The van der Waals surface area contributed by atoms with Crippen molar-refractivity contribution in [3.8, 4) is 0 Å². The molecule has 2 heterocycles. The lowest BCUT2D eigenvalue weighted by Crippen LogP contribution is -2.34. The molecule has 7 heteroatoms. The Bertz CT molecular complexity index is 939. The summed E-state index contributed by atoms with van der Waals surface area (Å²) in [4.78, 5) is 23.9. The Morgan fingerprint density at radius 1 is 1.11 bits per heavy atom. The summed E-state index contributed by atoms with van der Waals surface area (Å²) >= 11 is 1.69. The van der Waals surface area contributed by atoms with Crippen LogP contribution >= 0.6 is 11.3 Å². The van der Waals surface area contributed by atoms with Gasteiger partial charge in [0.2, 0.25) is 0 Å². The van der Waals surface area contributed by atoms with Crippen molar-refractivity contribution in [2.45, 2.75) is 19.4 Å². The van der Waals surface area contributed by atoms with Gasteiger partial charge in [-0.15, -0.1) is 11.3 Å². The van der Waals surface area contributed by atoms with Crippen molar-refractivity contribution in [2.75, 3.05) is 10.6 Å². The minimum atomic E-state index is -0.418. The average Bonchev–Trinajstić information content (AvgIpc) is 3.25. The number of rotatable bonds is 2. The van der Waals surface area contributed by atoms with E-state index in [1.54, 1.807) is 11.3 Å². The van der Waals surface area contributed by atoms with Crippen molar-refractivity contribution in [2.24, 2.45) is 5.84 Å². The molecule has 0 radical (unpaired) electrons. The fourth-order valence-electron chi connectivity index (χ4n) is 2.85. The van der Waals surface area contributed by atoms with Crippen LogP contribution in [0.1, 0.15) is 33.3 Å². The van der Waals surface area contributed by atoms with Crippen molar-refractivity contribution in [3.63, 3.8) is 0 Å². The summed E-state index contributed by atoms with van der Waals surface area (Å²) in [6.07, 6.45) is 0.553. The number of hydrogen-bond donors (Lipinski definition) is 4. The number of hydrogen-bond acceptors (Lipinski definition) is 5. The molecule has 2 aromatic carbocycles. The van der Waals surface area contributed by atoms with Crippen LogP contribution in [0.2, 0.25) is 0 Å². The second-order valence-electron chi connectivity index (χ2n) is 6.35. The molecule has 5 N–H and O–H groups in total. The number of fused-ring (bicyclic) bond motifs is 1. The number of anilines is 2. The second kappa shape index (κ2) is 9.16. The highest BCUT2D eigenvalue weighted by Crippen LogP contribution is 2.33. The molecule has 1 atom stereocenters. The average molecular weight is 395 g/mol. The van der Waals surface area contributed by atoms with E-state index in [1.807, 2.05) is 72.3 Å². The number of para-hydroxylation sites is 1. The highest BCUT2D eigenvalue weighted by Gasteiger charge is 2.25. The Hall–Kier alpha value is -3.16. The molecule has 6 nitrogen and oxygen atoms in total. The lowest BCUT2D eigenvalue weighted by molar-refractivity contribution is 0.0972. The molecule has 28 heavy (non-hydrogen) atoms. The predicted molar refractivity (Wildman–Crippen MR) is 114 cm³/mol. The number of carbonyl (C=O) groups is 2.